The van der Waals surface area contributed by atoms with E-state index in [1.165, 1.54) is 17.4 Å². The molecule has 0 amide bonds. The maximum Gasteiger partial charge on any atom is 0.348 e. The lowest BCUT2D eigenvalue weighted by Crippen LogP contribution is -2.01. The smallest absolute Gasteiger partial charge is 0.348 e. The van der Waals surface area contributed by atoms with Gasteiger partial charge in [0, 0.05) is 0 Å². The summed E-state index contributed by atoms with van der Waals surface area (Å²) in [5.41, 5.74) is 0. The lowest BCUT2D eigenvalue weighted by atomic mass is 10.2. The van der Waals surface area contributed by atoms with Crippen LogP contribution in [0.5, 0.6) is 0 Å². The van der Waals surface area contributed by atoms with E-state index in [-0.39, 0.29) is 11.8 Å². The number of carbonyl (C=O) groups excluding carboxylic acids is 1. The van der Waals surface area contributed by atoms with E-state index in [0.29, 0.717) is 16.0 Å². The van der Waals surface area contributed by atoms with Crippen LogP contribution in [-0.2, 0) is 4.74 Å². The Hall–Kier alpha value is -0.940. The molecule has 1 aromatic carbocycles. The Balaban J connectivity index is 2.52. The minimum Gasteiger partial charge on any atom is -0.462 e. The molecule has 16 heavy (non-hydrogen) atoms. The standard InChI is InChI=1S/C11H8BrFO2S/c1-2-15-11(14)8-5-6-3-4-7(13)9(12)10(6)16-8/h3-5H,2H2,1H3. The Morgan fingerprint density at radius 1 is 1.56 bits per heavy atom. The van der Waals surface area contributed by atoms with Crippen LogP contribution in [0.1, 0.15) is 16.6 Å². The minimum absolute atomic E-state index is 0.329. The second-order valence-electron chi connectivity index (χ2n) is 3.11. The molecule has 0 fully saturated rings. The lowest BCUT2D eigenvalue weighted by molar-refractivity contribution is 0.0532. The van der Waals surface area contributed by atoms with Crippen LogP contribution in [0.4, 0.5) is 4.39 Å². The molecule has 0 saturated heterocycles. The number of carbonyl (C=O) groups is 1. The molecule has 0 aliphatic rings. The number of ether oxygens (including phenoxy) is 1. The fourth-order valence-corrected chi connectivity index (χ4v) is 2.93. The van der Waals surface area contributed by atoms with Crippen LogP contribution in [0.15, 0.2) is 22.7 Å². The van der Waals surface area contributed by atoms with E-state index in [9.17, 15) is 9.18 Å². The van der Waals surface area contributed by atoms with Gasteiger partial charge in [-0.2, -0.15) is 0 Å². The van der Waals surface area contributed by atoms with Crippen molar-refractivity contribution < 1.29 is 13.9 Å². The van der Waals surface area contributed by atoms with Crippen molar-refractivity contribution in [1.82, 2.24) is 0 Å². The largest absolute Gasteiger partial charge is 0.462 e. The average molecular weight is 303 g/mol. The quantitative estimate of drug-likeness (QED) is 0.784. The second-order valence-corrected chi connectivity index (χ2v) is 4.96. The normalized spacial score (nSPS) is 10.7. The van der Waals surface area contributed by atoms with Crippen molar-refractivity contribution in [2.45, 2.75) is 6.92 Å². The predicted molar refractivity (Wildman–Crippen MR) is 65.4 cm³/mol. The molecule has 1 heterocycles. The molecule has 84 valence electrons. The third-order valence-corrected chi connectivity index (χ3v) is 4.24. The molecular weight excluding hydrogens is 295 g/mol. The van der Waals surface area contributed by atoms with E-state index in [4.69, 9.17) is 4.74 Å². The van der Waals surface area contributed by atoms with E-state index in [1.54, 1.807) is 19.1 Å². The number of halogens is 2. The summed E-state index contributed by atoms with van der Waals surface area (Å²) in [6.45, 7) is 2.09. The molecule has 0 saturated carbocycles. The van der Waals surface area contributed by atoms with E-state index >= 15 is 0 Å². The highest BCUT2D eigenvalue weighted by molar-refractivity contribution is 9.10. The first-order valence-corrected chi connectivity index (χ1v) is 6.29. The molecule has 0 atom stereocenters. The fourth-order valence-electron chi connectivity index (χ4n) is 1.35. The van der Waals surface area contributed by atoms with Gasteiger partial charge in [-0.05, 0) is 40.4 Å². The number of thiophene rings is 1. The topological polar surface area (TPSA) is 26.3 Å². The number of hydrogen-bond donors (Lipinski definition) is 0. The molecule has 1 aromatic heterocycles. The molecule has 0 bridgehead atoms. The first-order valence-electron chi connectivity index (χ1n) is 4.68. The minimum atomic E-state index is -0.365. The maximum absolute atomic E-state index is 13.3. The van der Waals surface area contributed by atoms with E-state index in [0.717, 1.165) is 10.1 Å². The first kappa shape index (κ1) is 11.5. The van der Waals surface area contributed by atoms with Gasteiger partial charge in [0.1, 0.15) is 10.7 Å². The summed E-state index contributed by atoms with van der Waals surface area (Å²) < 4.78 is 19.3. The molecule has 0 aliphatic heterocycles. The summed E-state index contributed by atoms with van der Waals surface area (Å²) in [6, 6.07) is 4.73. The maximum atomic E-state index is 13.3. The fraction of sp³-hybridized carbons (Fsp3) is 0.182. The van der Waals surface area contributed by atoms with Crippen LogP contribution in [0, 0.1) is 5.82 Å². The molecule has 0 N–H and O–H groups in total. The van der Waals surface area contributed by atoms with Gasteiger partial charge in [-0.3, -0.25) is 0 Å². The monoisotopic (exact) mass is 302 g/mol. The summed E-state index contributed by atoms with van der Waals surface area (Å²) in [6.07, 6.45) is 0. The number of fused-ring (bicyclic) bond motifs is 1. The molecule has 5 heteroatoms. The highest BCUT2D eigenvalue weighted by Gasteiger charge is 2.14. The van der Waals surface area contributed by atoms with Crippen molar-refractivity contribution in [3.05, 3.63) is 33.4 Å². The molecule has 0 unspecified atom stereocenters. The van der Waals surface area contributed by atoms with Crippen molar-refractivity contribution in [3.8, 4) is 0 Å². The van der Waals surface area contributed by atoms with Crippen molar-refractivity contribution in [3.63, 3.8) is 0 Å². The van der Waals surface area contributed by atoms with Gasteiger partial charge in [0.05, 0.1) is 15.8 Å². The van der Waals surface area contributed by atoms with Crippen molar-refractivity contribution >= 4 is 43.3 Å². The molecule has 2 rings (SSSR count). The zero-order chi connectivity index (χ0) is 11.7. The van der Waals surface area contributed by atoms with Gasteiger partial charge in [0.15, 0.2) is 0 Å². The van der Waals surface area contributed by atoms with Gasteiger partial charge < -0.3 is 4.74 Å². The molecule has 0 aliphatic carbocycles. The Kier molecular flexibility index (Phi) is 3.25. The van der Waals surface area contributed by atoms with Crippen LogP contribution < -0.4 is 0 Å². The molecule has 0 spiro atoms. The van der Waals surface area contributed by atoms with Crippen LogP contribution in [-0.4, -0.2) is 12.6 Å². The first-order chi connectivity index (χ1) is 7.63. The van der Waals surface area contributed by atoms with Gasteiger partial charge in [0.2, 0.25) is 0 Å². The van der Waals surface area contributed by atoms with Crippen LogP contribution in [0.2, 0.25) is 0 Å². The summed E-state index contributed by atoms with van der Waals surface area (Å²) in [5.74, 6) is -0.694. The van der Waals surface area contributed by atoms with Gasteiger partial charge >= 0.3 is 5.97 Å². The van der Waals surface area contributed by atoms with Crippen molar-refractivity contribution in [2.24, 2.45) is 0 Å². The van der Waals surface area contributed by atoms with Crippen molar-refractivity contribution in [2.75, 3.05) is 6.61 Å². The molecule has 2 nitrogen and oxygen atoms in total. The number of esters is 1. The van der Waals surface area contributed by atoms with Crippen LogP contribution >= 0.6 is 27.3 Å². The summed E-state index contributed by atoms with van der Waals surface area (Å²) in [5, 5.41) is 0.835. The zero-order valence-corrected chi connectivity index (χ0v) is 10.8. The SMILES string of the molecule is CCOC(=O)c1cc2ccc(F)c(Br)c2s1. The number of rotatable bonds is 2. The second kappa shape index (κ2) is 4.51. The summed E-state index contributed by atoms with van der Waals surface area (Å²) in [4.78, 5) is 12.0. The Morgan fingerprint density at radius 2 is 2.31 bits per heavy atom. The lowest BCUT2D eigenvalue weighted by Gasteiger charge is -1.96. The van der Waals surface area contributed by atoms with Gasteiger partial charge in [-0.1, -0.05) is 6.07 Å². The number of benzene rings is 1. The molecule has 0 radical (unpaired) electrons. The molecule has 2 aromatic rings. The predicted octanol–water partition coefficient (Wildman–Crippen LogP) is 3.98. The van der Waals surface area contributed by atoms with E-state index in [1.807, 2.05) is 0 Å². The summed E-state index contributed by atoms with van der Waals surface area (Å²) >= 11 is 4.39. The van der Waals surface area contributed by atoms with Gasteiger partial charge in [-0.25, -0.2) is 9.18 Å². The van der Waals surface area contributed by atoms with Crippen LogP contribution in [0.25, 0.3) is 10.1 Å². The Bertz CT molecular complexity index is 550. The highest BCUT2D eigenvalue weighted by atomic mass is 79.9. The third-order valence-electron chi connectivity index (χ3n) is 2.06. The van der Waals surface area contributed by atoms with Gasteiger partial charge in [0.25, 0.3) is 0 Å². The van der Waals surface area contributed by atoms with Crippen molar-refractivity contribution in [1.29, 1.82) is 0 Å². The Labute approximate surface area is 104 Å². The number of hydrogen-bond acceptors (Lipinski definition) is 3. The molecular formula is C11H8BrFO2S. The van der Waals surface area contributed by atoms with E-state index in [2.05, 4.69) is 15.9 Å². The summed E-state index contributed by atoms with van der Waals surface area (Å²) in [7, 11) is 0. The van der Waals surface area contributed by atoms with Crippen LogP contribution in [0.3, 0.4) is 0 Å². The zero-order valence-electron chi connectivity index (χ0n) is 8.42. The Morgan fingerprint density at radius 3 is 3.00 bits per heavy atom. The van der Waals surface area contributed by atoms with E-state index < -0.39 is 0 Å². The van der Waals surface area contributed by atoms with Gasteiger partial charge in [-0.15, -0.1) is 11.3 Å². The average Bonchev–Trinajstić information content (AvgIpc) is 2.69. The third kappa shape index (κ3) is 1.97. The highest BCUT2D eigenvalue weighted by Crippen LogP contribution is 2.34.